The number of fused-ring (bicyclic) bond motifs is 1. The molecular weight excluding hydrogens is 369 g/mol. The molecule has 0 spiro atoms. The summed E-state index contributed by atoms with van der Waals surface area (Å²) in [6.45, 7) is 4.13. The summed E-state index contributed by atoms with van der Waals surface area (Å²) in [4.78, 5) is 31.0. The Morgan fingerprint density at radius 3 is 2.38 bits per heavy atom. The maximum Gasteiger partial charge on any atom is 0.340 e. The molecule has 2 aliphatic rings. The average Bonchev–Trinajstić information content (AvgIpc) is 3.20. The van der Waals surface area contributed by atoms with E-state index in [0.717, 1.165) is 37.1 Å². The van der Waals surface area contributed by atoms with Crippen LogP contribution in [0.4, 0.5) is 4.39 Å². The Balaban J connectivity index is 2.06. The second-order valence-corrected chi connectivity index (χ2v) is 8.99. The standard InChI is InChI=1S/C24H26FNO3/c1-24(2)12-17-20(18(27)13-24)19(14-8-10-16(25)11-9-14)21(23(28)29-3)22(26-17)15-6-4-5-7-15/h8-11,15H,4-7,12-13H2,1-3H3. The van der Waals surface area contributed by atoms with Crippen molar-refractivity contribution in [3.63, 3.8) is 0 Å². The normalized spacial score (nSPS) is 18.6. The Kier molecular flexibility index (Phi) is 5.01. The van der Waals surface area contributed by atoms with Crippen molar-refractivity contribution in [3.8, 4) is 11.1 Å². The number of ketones is 1. The molecule has 4 rings (SSSR count). The minimum Gasteiger partial charge on any atom is -0.465 e. The zero-order chi connectivity index (χ0) is 20.8. The van der Waals surface area contributed by atoms with Crippen molar-refractivity contribution in [1.82, 2.24) is 4.98 Å². The Hall–Kier alpha value is -2.56. The molecule has 0 N–H and O–H groups in total. The van der Waals surface area contributed by atoms with E-state index in [1.165, 1.54) is 19.2 Å². The predicted octanol–water partition coefficient (Wildman–Crippen LogP) is 5.49. The summed E-state index contributed by atoms with van der Waals surface area (Å²) < 4.78 is 18.7. The predicted molar refractivity (Wildman–Crippen MR) is 109 cm³/mol. The van der Waals surface area contributed by atoms with E-state index in [-0.39, 0.29) is 22.9 Å². The molecule has 2 aliphatic carbocycles. The van der Waals surface area contributed by atoms with Gasteiger partial charge in [-0.15, -0.1) is 0 Å². The van der Waals surface area contributed by atoms with E-state index in [1.54, 1.807) is 12.1 Å². The molecule has 0 radical (unpaired) electrons. The molecule has 1 aromatic carbocycles. The van der Waals surface area contributed by atoms with Crippen LogP contribution < -0.4 is 0 Å². The average molecular weight is 395 g/mol. The quantitative estimate of drug-likeness (QED) is 0.645. The number of Topliss-reactive ketones (excluding diaryl/α,β-unsaturated/α-hetero) is 1. The zero-order valence-electron chi connectivity index (χ0n) is 17.2. The SMILES string of the molecule is COC(=O)c1c(C2CCCC2)nc2c(c1-c1ccc(F)cc1)C(=O)CC(C)(C)C2. The van der Waals surface area contributed by atoms with E-state index in [4.69, 9.17) is 9.72 Å². The lowest BCUT2D eigenvalue weighted by Crippen LogP contribution is -2.30. The number of esters is 1. The Morgan fingerprint density at radius 1 is 1.10 bits per heavy atom. The number of hydrogen-bond donors (Lipinski definition) is 0. The molecular formula is C24H26FNO3. The number of carbonyl (C=O) groups excluding carboxylic acids is 2. The van der Waals surface area contributed by atoms with Gasteiger partial charge in [0, 0.05) is 23.5 Å². The summed E-state index contributed by atoms with van der Waals surface area (Å²) in [6.07, 6.45) is 5.19. The van der Waals surface area contributed by atoms with Gasteiger partial charge in [0.1, 0.15) is 5.82 Å². The summed E-state index contributed by atoms with van der Waals surface area (Å²) in [7, 11) is 1.35. The van der Waals surface area contributed by atoms with Crippen molar-refractivity contribution < 1.29 is 18.7 Å². The maximum atomic E-state index is 13.6. The number of methoxy groups -OCH3 is 1. The van der Waals surface area contributed by atoms with E-state index in [2.05, 4.69) is 13.8 Å². The molecule has 5 heteroatoms. The molecule has 1 heterocycles. The molecule has 1 aromatic heterocycles. The van der Waals surface area contributed by atoms with Crippen LogP contribution in [0.5, 0.6) is 0 Å². The number of pyridine rings is 1. The molecule has 1 saturated carbocycles. The van der Waals surface area contributed by atoms with E-state index < -0.39 is 5.97 Å². The van der Waals surface area contributed by atoms with E-state index in [0.29, 0.717) is 35.1 Å². The number of halogens is 1. The topological polar surface area (TPSA) is 56.3 Å². The lowest BCUT2D eigenvalue weighted by Gasteiger charge is -2.32. The molecule has 0 bridgehead atoms. The number of carbonyl (C=O) groups is 2. The lowest BCUT2D eigenvalue weighted by molar-refractivity contribution is 0.0599. The molecule has 0 amide bonds. The first-order chi connectivity index (χ1) is 13.8. The molecule has 152 valence electrons. The van der Waals surface area contributed by atoms with Gasteiger partial charge in [0.25, 0.3) is 0 Å². The summed E-state index contributed by atoms with van der Waals surface area (Å²) in [6, 6.07) is 5.97. The van der Waals surface area contributed by atoms with Crippen LogP contribution in [0.1, 0.15) is 84.0 Å². The van der Waals surface area contributed by atoms with Crippen LogP contribution in [0.3, 0.4) is 0 Å². The van der Waals surface area contributed by atoms with Crippen molar-refractivity contribution in [2.75, 3.05) is 7.11 Å². The second kappa shape index (κ2) is 7.36. The molecule has 2 aromatic rings. The monoisotopic (exact) mass is 395 g/mol. The molecule has 4 nitrogen and oxygen atoms in total. The van der Waals surface area contributed by atoms with Crippen LogP contribution >= 0.6 is 0 Å². The largest absolute Gasteiger partial charge is 0.465 e. The minimum atomic E-state index is -0.487. The van der Waals surface area contributed by atoms with Gasteiger partial charge in [-0.25, -0.2) is 9.18 Å². The fourth-order valence-electron chi connectivity index (χ4n) is 4.83. The first kappa shape index (κ1) is 19.7. The molecule has 0 aliphatic heterocycles. The van der Waals surface area contributed by atoms with Crippen LogP contribution in [0.15, 0.2) is 24.3 Å². The molecule has 0 saturated heterocycles. The van der Waals surface area contributed by atoms with Crippen molar-refractivity contribution in [2.45, 2.75) is 58.3 Å². The van der Waals surface area contributed by atoms with Gasteiger partial charge in [-0.3, -0.25) is 9.78 Å². The van der Waals surface area contributed by atoms with Crippen LogP contribution in [-0.4, -0.2) is 23.8 Å². The van der Waals surface area contributed by atoms with E-state index >= 15 is 0 Å². The summed E-state index contributed by atoms with van der Waals surface area (Å²) in [5, 5.41) is 0. The number of aromatic nitrogens is 1. The first-order valence-corrected chi connectivity index (χ1v) is 10.2. The van der Waals surface area contributed by atoms with Gasteiger partial charge >= 0.3 is 5.97 Å². The Bertz CT molecular complexity index is 973. The number of rotatable bonds is 3. The molecule has 1 fully saturated rings. The number of nitrogens with zero attached hydrogens (tertiary/aromatic N) is 1. The summed E-state index contributed by atoms with van der Waals surface area (Å²) in [5.74, 6) is -0.695. The second-order valence-electron chi connectivity index (χ2n) is 8.99. The number of hydrogen-bond acceptors (Lipinski definition) is 4. The van der Waals surface area contributed by atoms with Gasteiger partial charge in [-0.05, 0) is 42.4 Å². The molecule has 0 unspecified atom stereocenters. The molecule has 0 atom stereocenters. The van der Waals surface area contributed by atoms with Gasteiger partial charge in [-0.2, -0.15) is 0 Å². The highest BCUT2D eigenvalue weighted by atomic mass is 19.1. The number of ether oxygens (including phenoxy) is 1. The minimum absolute atomic E-state index is 0.0220. The Morgan fingerprint density at radius 2 is 1.76 bits per heavy atom. The Labute approximate surface area is 170 Å². The van der Waals surface area contributed by atoms with Gasteiger partial charge in [0.05, 0.1) is 24.1 Å². The highest BCUT2D eigenvalue weighted by Crippen LogP contribution is 2.44. The van der Waals surface area contributed by atoms with Gasteiger partial charge < -0.3 is 4.74 Å². The highest BCUT2D eigenvalue weighted by Gasteiger charge is 2.38. The van der Waals surface area contributed by atoms with Crippen molar-refractivity contribution >= 4 is 11.8 Å². The third kappa shape index (κ3) is 3.59. The fraction of sp³-hybridized carbons (Fsp3) is 0.458. The van der Waals surface area contributed by atoms with Crippen LogP contribution in [-0.2, 0) is 11.2 Å². The zero-order valence-corrected chi connectivity index (χ0v) is 17.2. The van der Waals surface area contributed by atoms with Gasteiger partial charge in [0.2, 0.25) is 0 Å². The maximum absolute atomic E-state index is 13.6. The third-order valence-electron chi connectivity index (χ3n) is 6.13. The third-order valence-corrected chi connectivity index (χ3v) is 6.13. The highest BCUT2D eigenvalue weighted by molar-refractivity contribution is 6.10. The van der Waals surface area contributed by atoms with Crippen LogP contribution in [0.2, 0.25) is 0 Å². The summed E-state index contributed by atoms with van der Waals surface area (Å²) in [5.41, 5.74) is 3.38. The van der Waals surface area contributed by atoms with Gasteiger partial charge in [-0.1, -0.05) is 38.8 Å². The van der Waals surface area contributed by atoms with Crippen molar-refractivity contribution in [1.29, 1.82) is 0 Å². The first-order valence-electron chi connectivity index (χ1n) is 10.2. The van der Waals surface area contributed by atoms with E-state index in [1.807, 2.05) is 0 Å². The lowest BCUT2D eigenvalue weighted by atomic mass is 9.72. The van der Waals surface area contributed by atoms with E-state index in [9.17, 15) is 14.0 Å². The number of benzene rings is 1. The van der Waals surface area contributed by atoms with Crippen molar-refractivity contribution in [2.24, 2.45) is 5.41 Å². The summed E-state index contributed by atoms with van der Waals surface area (Å²) >= 11 is 0. The van der Waals surface area contributed by atoms with Crippen molar-refractivity contribution in [3.05, 3.63) is 52.6 Å². The van der Waals surface area contributed by atoms with Gasteiger partial charge in [0.15, 0.2) is 5.78 Å². The smallest absolute Gasteiger partial charge is 0.340 e. The van der Waals surface area contributed by atoms with Crippen LogP contribution in [0, 0.1) is 11.2 Å². The molecule has 29 heavy (non-hydrogen) atoms. The van der Waals surface area contributed by atoms with Crippen LogP contribution in [0.25, 0.3) is 11.1 Å². The fourth-order valence-corrected chi connectivity index (χ4v) is 4.83.